The van der Waals surface area contributed by atoms with Crippen LogP contribution in [0.15, 0.2) is 58.4 Å². The van der Waals surface area contributed by atoms with Crippen LogP contribution >= 0.6 is 27.3 Å². The summed E-state index contributed by atoms with van der Waals surface area (Å²) in [5.41, 5.74) is 3.05. The lowest BCUT2D eigenvalue weighted by Gasteiger charge is -1.98. The largest absolute Gasteiger partial charge is 0.508 e. The van der Waals surface area contributed by atoms with Gasteiger partial charge in [-0.3, -0.25) is 0 Å². The van der Waals surface area contributed by atoms with Crippen molar-refractivity contribution < 1.29 is 5.11 Å². The first-order valence-corrected chi connectivity index (χ1v) is 7.40. The Hall–Kier alpha value is -1.65. The second kappa shape index (κ2) is 5.15. The zero-order valence-electron chi connectivity index (χ0n) is 9.88. The van der Waals surface area contributed by atoms with E-state index in [1.807, 2.05) is 41.8 Å². The van der Waals surface area contributed by atoms with E-state index in [-0.39, 0.29) is 5.75 Å². The van der Waals surface area contributed by atoms with Crippen LogP contribution in [0.25, 0.3) is 21.8 Å². The molecule has 0 radical (unpaired) electrons. The van der Waals surface area contributed by atoms with Gasteiger partial charge < -0.3 is 5.11 Å². The third-order valence-electron chi connectivity index (χ3n) is 2.76. The van der Waals surface area contributed by atoms with Gasteiger partial charge in [0.05, 0.1) is 5.69 Å². The molecular formula is C15H10BrNOS. The van der Waals surface area contributed by atoms with Crippen LogP contribution < -0.4 is 0 Å². The van der Waals surface area contributed by atoms with Gasteiger partial charge in [0.15, 0.2) is 0 Å². The summed E-state index contributed by atoms with van der Waals surface area (Å²) in [6.07, 6.45) is 0. The number of phenolic OH excluding ortho intramolecular Hbond substituents is 1. The summed E-state index contributed by atoms with van der Waals surface area (Å²) in [4.78, 5) is 4.63. The average Bonchev–Trinajstić information content (AvgIpc) is 2.90. The van der Waals surface area contributed by atoms with Crippen molar-refractivity contribution in [3.63, 3.8) is 0 Å². The van der Waals surface area contributed by atoms with E-state index in [1.54, 1.807) is 23.5 Å². The third kappa shape index (κ3) is 2.69. The number of aromatic hydroxyl groups is 1. The Kier molecular flexibility index (Phi) is 3.36. The number of aromatic nitrogens is 1. The van der Waals surface area contributed by atoms with Gasteiger partial charge in [-0.1, -0.05) is 28.1 Å². The minimum Gasteiger partial charge on any atom is -0.508 e. The molecule has 0 aliphatic heterocycles. The second-order valence-electron chi connectivity index (χ2n) is 4.09. The fraction of sp³-hybridized carbons (Fsp3) is 0. The van der Waals surface area contributed by atoms with Crippen molar-refractivity contribution in [2.24, 2.45) is 0 Å². The number of benzene rings is 2. The van der Waals surface area contributed by atoms with Crippen LogP contribution in [0.4, 0.5) is 0 Å². The minimum absolute atomic E-state index is 0.270. The Labute approximate surface area is 123 Å². The van der Waals surface area contributed by atoms with Gasteiger partial charge in [0.2, 0.25) is 0 Å². The van der Waals surface area contributed by atoms with Crippen LogP contribution in [0, 0.1) is 0 Å². The number of nitrogens with zero attached hydrogens (tertiary/aromatic N) is 1. The molecule has 0 bridgehead atoms. The van der Waals surface area contributed by atoms with Crippen LogP contribution in [-0.2, 0) is 0 Å². The first-order chi connectivity index (χ1) is 9.22. The quantitative estimate of drug-likeness (QED) is 0.721. The second-order valence-corrected chi connectivity index (χ2v) is 5.87. The lowest BCUT2D eigenvalue weighted by Crippen LogP contribution is -1.79. The number of rotatable bonds is 2. The number of hydrogen-bond acceptors (Lipinski definition) is 3. The highest BCUT2D eigenvalue weighted by Gasteiger charge is 2.06. The molecule has 4 heteroatoms. The summed E-state index contributed by atoms with van der Waals surface area (Å²) in [7, 11) is 0. The van der Waals surface area contributed by atoms with Crippen LogP contribution in [0.5, 0.6) is 5.75 Å². The molecule has 0 atom stereocenters. The van der Waals surface area contributed by atoms with Crippen molar-refractivity contribution in [3.8, 4) is 27.6 Å². The highest BCUT2D eigenvalue weighted by molar-refractivity contribution is 9.10. The number of phenols is 1. The van der Waals surface area contributed by atoms with E-state index in [4.69, 9.17) is 0 Å². The minimum atomic E-state index is 0.270. The molecule has 0 aliphatic carbocycles. The van der Waals surface area contributed by atoms with Gasteiger partial charge >= 0.3 is 0 Å². The fourth-order valence-electron chi connectivity index (χ4n) is 1.76. The summed E-state index contributed by atoms with van der Waals surface area (Å²) in [6.45, 7) is 0. The molecular weight excluding hydrogens is 322 g/mol. The van der Waals surface area contributed by atoms with E-state index in [9.17, 15) is 5.11 Å². The van der Waals surface area contributed by atoms with Gasteiger partial charge in [-0.25, -0.2) is 4.98 Å². The van der Waals surface area contributed by atoms with Crippen molar-refractivity contribution >= 4 is 27.3 Å². The molecule has 1 N–H and O–H groups in total. The zero-order chi connectivity index (χ0) is 13.2. The maximum atomic E-state index is 9.29. The van der Waals surface area contributed by atoms with E-state index in [2.05, 4.69) is 20.9 Å². The molecule has 0 saturated heterocycles. The molecule has 1 aromatic heterocycles. The monoisotopic (exact) mass is 331 g/mol. The van der Waals surface area contributed by atoms with Gasteiger partial charge in [-0.15, -0.1) is 11.3 Å². The molecule has 1 heterocycles. The molecule has 2 aromatic carbocycles. The van der Waals surface area contributed by atoms with E-state index in [0.29, 0.717) is 0 Å². The van der Waals surface area contributed by atoms with Crippen molar-refractivity contribution in [2.45, 2.75) is 0 Å². The average molecular weight is 332 g/mol. The number of thiazole rings is 1. The van der Waals surface area contributed by atoms with Crippen LogP contribution in [0.3, 0.4) is 0 Å². The maximum absolute atomic E-state index is 9.29. The number of hydrogen-bond donors (Lipinski definition) is 1. The highest BCUT2D eigenvalue weighted by atomic mass is 79.9. The fourth-order valence-corrected chi connectivity index (χ4v) is 2.86. The van der Waals surface area contributed by atoms with Crippen molar-refractivity contribution in [2.75, 3.05) is 0 Å². The Morgan fingerprint density at radius 1 is 0.895 bits per heavy atom. The molecule has 0 fully saturated rings. The molecule has 0 unspecified atom stereocenters. The third-order valence-corrected chi connectivity index (χ3v) is 4.18. The summed E-state index contributed by atoms with van der Waals surface area (Å²) in [5.74, 6) is 0.270. The molecule has 0 amide bonds. The predicted molar refractivity (Wildman–Crippen MR) is 82.4 cm³/mol. The Balaban J connectivity index is 1.95. The summed E-state index contributed by atoms with van der Waals surface area (Å²) in [5, 5.41) is 12.3. The predicted octanol–water partition coefficient (Wildman–Crippen LogP) is 4.95. The van der Waals surface area contributed by atoms with Crippen LogP contribution in [-0.4, -0.2) is 10.1 Å². The molecule has 19 heavy (non-hydrogen) atoms. The Bertz CT molecular complexity index is 629. The molecule has 94 valence electrons. The Morgan fingerprint density at radius 2 is 1.53 bits per heavy atom. The summed E-state index contributed by atoms with van der Waals surface area (Å²) >= 11 is 5.04. The summed E-state index contributed by atoms with van der Waals surface area (Å²) < 4.78 is 1.06. The van der Waals surface area contributed by atoms with Gasteiger partial charge in [0.25, 0.3) is 0 Å². The van der Waals surface area contributed by atoms with Crippen LogP contribution in [0.1, 0.15) is 0 Å². The van der Waals surface area contributed by atoms with E-state index in [0.717, 1.165) is 26.3 Å². The van der Waals surface area contributed by atoms with Gasteiger partial charge in [-0.2, -0.15) is 0 Å². The van der Waals surface area contributed by atoms with Gasteiger partial charge in [-0.05, 0) is 36.4 Å². The zero-order valence-corrected chi connectivity index (χ0v) is 12.3. The molecule has 0 saturated carbocycles. The number of halogens is 1. The lowest BCUT2D eigenvalue weighted by atomic mass is 10.1. The maximum Gasteiger partial charge on any atom is 0.124 e. The smallest absolute Gasteiger partial charge is 0.124 e. The van der Waals surface area contributed by atoms with Gasteiger partial charge in [0, 0.05) is 21.0 Å². The molecule has 0 spiro atoms. The van der Waals surface area contributed by atoms with Crippen LogP contribution in [0.2, 0.25) is 0 Å². The van der Waals surface area contributed by atoms with E-state index >= 15 is 0 Å². The Morgan fingerprint density at radius 3 is 2.21 bits per heavy atom. The molecule has 3 aromatic rings. The molecule has 2 nitrogen and oxygen atoms in total. The topological polar surface area (TPSA) is 33.1 Å². The molecule has 0 aliphatic rings. The van der Waals surface area contributed by atoms with E-state index < -0.39 is 0 Å². The van der Waals surface area contributed by atoms with Crippen molar-refractivity contribution in [1.29, 1.82) is 0 Å². The van der Waals surface area contributed by atoms with Gasteiger partial charge in [0.1, 0.15) is 10.8 Å². The first kappa shape index (κ1) is 12.4. The lowest BCUT2D eigenvalue weighted by molar-refractivity contribution is 0.475. The van der Waals surface area contributed by atoms with Crippen molar-refractivity contribution in [1.82, 2.24) is 4.98 Å². The molecule has 3 rings (SSSR count). The normalized spacial score (nSPS) is 10.6. The highest BCUT2D eigenvalue weighted by Crippen LogP contribution is 2.30. The SMILES string of the molecule is Oc1ccc(-c2csc(-c3ccc(Br)cc3)n2)cc1. The standard InChI is InChI=1S/C15H10BrNOS/c16-12-5-1-11(2-6-12)15-17-14(9-19-15)10-3-7-13(18)8-4-10/h1-9,18H. The first-order valence-electron chi connectivity index (χ1n) is 5.73. The van der Waals surface area contributed by atoms with Crippen molar-refractivity contribution in [3.05, 3.63) is 58.4 Å². The summed E-state index contributed by atoms with van der Waals surface area (Å²) in [6, 6.07) is 15.2. The van der Waals surface area contributed by atoms with E-state index in [1.165, 1.54) is 0 Å².